The van der Waals surface area contributed by atoms with E-state index in [1.165, 1.54) is 5.54 Å². The molecule has 102 valence electrons. The van der Waals surface area contributed by atoms with Crippen LogP contribution in [-0.2, 0) is 0 Å². The molecule has 1 aromatic heterocycles. The minimum absolute atomic E-state index is 0.364. The van der Waals surface area contributed by atoms with Gasteiger partial charge in [-0.1, -0.05) is 59.5 Å². The van der Waals surface area contributed by atoms with Crippen LogP contribution in [-0.4, -0.2) is 9.55 Å². The molecule has 0 fully saturated rings. The summed E-state index contributed by atoms with van der Waals surface area (Å²) in [6.45, 7) is 0. The van der Waals surface area contributed by atoms with E-state index in [0.717, 1.165) is 16.6 Å². The normalized spacial score (nSPS) is 11.2. The molecule has 4 heteroatoms. The molecule has 0 radical (unpaired) electrons. The van der Waals surface area contributed by atoms with Crippen LogP contribution in [0, 0.1) is 11.8 Å². The Labute approximate surface area is 132 Å². The predicted molar refractivity (Wildman–Crippen MR) is 88.1 cm³/mol. The highest BCUT2D eigenvalue weighted by molar-refractivity contribution is 6.50. The van der Waals surface area contributed by atoms with E-state index in [-0.39, 0.29) is 0 Å². The molecule has 2 aromatic carbocycles. The van der Waals surface area contributed by atoms with Gasteiger partial charge in [-0.3, -0.25) is 4.57 Å². The lowest BCUT2D eigenvalue weighted by molar-refractivity contribution is 1.12. The van der Waals surface area contributed by atoms with Gasteiger partial charge in [0.2, 0.25) is 0 Å². The van der Waals surface area contributed by atoms with Gasteiger partial charge < -0.3 is 0 Å². The van der Waals surface area contributed by atoms with Crippen LogP contribution in [0.5, 0.6) is 0 Å². The molecule has 0 spiro atoms. The van der Waals surface area contributed by atoms with Crippen molar-refractivity contribution in [3.8, 4) is 11.8 Å². The summed E-state index contributed by atoms with van der Waals surface area (Å²) in [5.74, 6) is 6.69. The second kappa shape index (κ2) is 6.05. The lowest BCUT2D eigenvalue weighted by Crippen LogP contribution is -1.95. The average Bonchev–Trinajstić information content (AvgIpc) is 2.91. The molecule has 2 nitrogen and oxygen atoms in total. The highest BCUT2D eigenvalue weighted by atomic mass is 35.5. The smallest absolute Gasteiger partial charge is 0.192 e. The van der Waals surface area contributed by atoms with Crippen molar-refractivity contribution < 1.29 is 0 Å². The first-order valence-corrected chi connectivity index (χ1v) is 7.12. The van der Waals surface area contributed by atoms with E-state index in [2.05, 4.69) is 16.8 Å². The summed E-state index contributed by atoms with van der Waals surface area (Å²) in [5, 5.41) is 0.364. The number of hydrogen-bond donors (Lipinski definition) is 0. The summed E-state index contributed by atoms with van der Waals surface area (Å²) in [7, 11) is 0. The Bertz CT molecular complexity index is 868. The molecule has 0 amide bonds. The van der Waals surface area contributed by atoms with Crippen LogP contribution in [0.15, 0.2) is 60.1 Å². The Morgan fingerprint density at radius 1 is 1.00 bits per heavy atom. The largest absolute Gasteiger partial charge is 0.275 e. The average molecular weight is 313 g/mol. The number of nitrogens with zero attached hydrogens (tertiary/aromatic N) is 2. The molecule has 0 saturated carbocycles. The van der Waals surface area contributed by atoms with Gasteiger partial charge in [-0.15, -0.1) is 0 Å². The second-order valence-corrected chi connectivity index (χ2v) is 4.91. The zero-order valence-electron chi connectivity index (χ0n) is 10.9. The minimum Gasteiger partial charge on any atom is -0.275 e. The van der Waals surface area contributed by atoms with Crippen LogP contribution in [0.4, 0.5) is 0 Å². The summed E-state index contributed by atoms with van der Waals surface area (Å²) in [4.78, 5) is 4.50. The van der Waals surface area contributed by atoms with Crippen molar-refractivity contribution in [1.29, 1.82) is 0 Å². The highest BCUT2D eigenvalue weighted by Gasteiger charge is 2.10. The maximum absolute atomic E-state index is 6.18. The fourth-order valence-electron chi connectivity index (χ4n) is 2.02. The summed E-state index contributed by atoms with van der Waals surface area (Å²) in [5.41, 5.74) is 3.92. The van der Waals surface area contributed by atoms with E-state index in [1.807, 2.05) is 54.6 Å². The molecule has 0 unspecified atom stereocenters. The van der Waals surface area contributed by atoms with Gasteiger partial charge in [0.15, 0.2) is 5.82 Å². The van der Waals surface area contributed by atoms with Gasteiger partial charge in [0.05, 0.1) is 11.0 Å². The van der Waals surface area contributed by atoms with Gasteiger partial charge >= 0.3 is 0 Å². The fourth-order valence-corrected chi connectivity index (χ4v) is 2.29. The van der Waals surface area contributed by atoms with Crippen LogP contribution in [0.3, 0.4) is 0 Å². The topological polar surface area (TPSA) is 17.8 Å². The second-order valence-electron chi connectivity index (χ2n) is 4.31. The number of para-hydroxylation sites is 2. The first kappa shape index (κ1) is 13.8. The predicted octanol–water partition coefficient (Wildman–Crippen LogP) is 4.67. The Morgan fingerprint density at radius 3 is 2.48 bits per heavy atom. The summed E-state index contributed by atoms with van der Waals surface area (Å²) >= 11 is 11.9. The molecule has 0 N–H and O–H groups in total. The maximum Gasteiger partial charge on any atom is 0.192 e. The quantitative estimate of drug-likeness (QED) is 0.597. The number of fused-ring (bicyclic) bond motifs is 1. The van der Waals surface area contributed by atoms with E-state index in [9.17, 15) is 0 Å². The number of rotatable bonds is 1. The molecule has 0 atom stereocenters. The Hall–Kier alpha value is -2.21. The van der Waals surface area contributed by atoms with Gasteiger partial charge in [-0.2, -0.15) is 0 Å². The van der Waals surface area contributed by atoms with E-state index in [0.29, 0.717) is 11.0 Å². The van der Waals surface area contributed by atoms with Crippen LogP contribution in [0.25, 0.3) is 16.2 Å². The van der Waals surface area contributed by atoms with Crippen molar-refractivity contribution in [3.63, 3.8) is 0 Å². The van der Waals surface area contributed by atoms with Gasteiger partial charge in [0.25, 0.3) is 0 Å². The van der Waals surface area contributed by atoms with Crippen molar-refractivity contribution in [2.75, 3.05) is 0 Å². The maximum atomic E-state index is 6.18. The monoisotopic (exact) mass is 312 g/mol. The summed E-state index contributed by atoms with van der Waals surface area (Å²) < 4.78 is 1.74. The molecule has 0 aliphatic rings. The van der Waals surface area contributed by atoms with Gasteiger partial charge in [-0.25, -0.2) is 4.98 Å². The minimum atomic E-state index is 0.364. The molecular weight excluding hydrogens is 303 g/mol. The molecule has 0 aliphatic heterocycles. The Kier molecular flexibility index (Phi) is 3.96. The Balaban J connectivity index is 2.17. The standard InChI is InChI=1S/C17H10Cl2N2/c18-12-16(19)21-15-9-5-4-8-14(15)20-17(21)11-10-13-6-2-1-3-7-13/h1-9,12H/b16-12+. The van der Waals surface area contributed by atoms with Gasteiger partial charge in [0.1, 0.15) is 5.16 Å². The van der Waals surface area contributed by atoms with E-state index >= 15 is 0 Å². The number of imidazole rings is 1. The zero-order valence-corrected chi connectivity index (χ0v) is 12.4. The number of aromatic nitrogens is 2. The highest BCUT2D eigenvalue weighted by Crippen LogP contribution is 2.23. The van der Waals surface area contributed by atoms with Crippen molar-refractivity contribution in [3.05, 3.63) is 71.5 Å². The van der Waals surface area contributed by atoms with Crippen LogP contribution in [0.2, 0.25) is 0 Å². The summed E-state index contributed by atoms with van der Waals surface area (Å²) in [6, 6.07) is 17.4. The summed E-state index contributed by atoms with van der Waals surface area (Å²) in [6.07, 6.45) is 0. The number of halogens is 2. The van der Waals surface area contributed by atoms with Crippen LogP contribution >= 0.6 is 23.2 Å². The molecule has 3 rings (SSSR count). The van der Waals surface area contributed by atoms with E-state index in [4.69, 9.17) is 23.2 Å². The molecule has 1 heterocycles. The van der Waals surface area contributed by atoms with Crippen molar-refractivity contribution in [2.45, 2.75) is 0 Å². The van der Waals surface area contributed by atoms with E-state index in [1.54, 1.807) is 4.57 Å². The van der Waals surface area contributed by atoms with Crippen LogP contribution in [0.1, 0.15) is 11.4 Å². The fraction of sp³-hybridized carbons (Fsp3) is 0. The van der Waals surface area contributed by atoms with Crippen molar-refractivity contribution in [2.24, 2.45) is 0 Å². The van der Waals surface area contributed by atoms with E-state index < -0.39 is 0 Å². The van der Waals surface area contributed by atoms with Gasteiger partial charge in [0, 0.05) is 11.1 Å². The third-order valence-corrected chi connectivity index (χ3v) is 3.55. The molecule has 21 heavy (non-hydrogen) atoms. The first-order chi connectivity index (χ1) is 10.3. The van der Waals surface area contributed by atoms with Crippen molar-refractivity contribution in [1.82, 2.24) is 9.55 Å². The third-order valence-electron chi connectivity index (χ3n) is 2.96. The Morgan fingerprint density at radius 2 is 1.71 bits per heavy atom. The molecule has 0 bridgehead atoms. The lowest BCUT2D eigenvalue weighted by Gasteiger charge is -2.02. The molecule has 0 aliphatic carbocycles. The first-order valence-electron chi connectivity index (χ1n) is 6.30. The molecular formula is C17H10Cl2N2. The SMILES string of the molecule is Cl/C=C(\Cl)n1c(C#Cc2ccccc2)nc2ccccc21. The van der Waals surface area contributed by atoms with Crippen LogP contribution < -0.4 is 0 Å². The molecule has 0 saturated heterocycles. The lowest BCUT2D eigenvalue weighted by atomic mass is 10.2. The zero-order chi connectivity index (χ0) is 14.7. The van der Waals surface area contributed by atoms with Gasteiger partial charge in [-0.05, 0) is 30.2 Å². The van der Waals surface area contributed by atoms with Crippen molar-refractivity contribution >= 4 is 39.4 Å². The number of hydrogen-bond acceptors (Lipinski definition) is 1. The molecule has 3 aromatic rings. The number of benzene rings is 2. The third kappa shape index (κ3) is 2.80.